The number of sulfone groups is 1. The molecule has 0 radical (unpaired) electrons. The van der Waals surface area contributed by atoms with Crippen molar-refractivity contribution in [2.24, 2.45) is 0 Å². The smallest absolute Gasteiger partial charge is 0.183 e. The summed E-state index contributed by atoms with van der Waals surface area (Å²) in [6.45, 7) is 0. The summed E-state index contributed by atoms with van der Waals surface area (Å²) in [6.07, 6.45) is 0. The van der Waals surface area contributed by atoms with Crippen LogP contribution in [0.3, 0.4) is 0 Å². The molecule has 2 N–H and O–H groups in total. The molecule has 0 spiro atoms. The summed E-state index contributed by atoms with van der Waals surface area (Å²) in [5, 5.41) is 0.150. The lowest BCUT2D eigenvalue weighted by molar-refractivity contribution is 0.595. The Morgan fingerprint density at radius 2 is 1.74 bits per heavy atom. The van der Waals surface area contributed by atoms with Gasteiger partial charge in [-0.1, -0.05) is 39.7 Å². The van der Waals surface area contributed by atoms with Crippen LogP contribution in [0.2, 0.25) is 5.02 Å². The number of nitrogen functional groups attached to an aromatic ring is 1. The van der Waals surface area contributed by atoms with Gasteiger partial charge >= 0.3 is 0 Å². The minimum atomic E-state index is -3.48. The Balaban J connectivity index is 2.35. The van der Waals surface area contributed by atoms with E-state index in [9.17, 15) is 8.42 Å². The topological polar surface area (TPSA) is 60.2 Å². The van der Waals surface area contributed by atoms with Gasteiger partial charge in [-0.15, -0.1) is 0 Å². The number of benzene rings is 2. The van der Waals surface area contributed by atoms with Gasteiger partial charge in [-0.2, -0.15) is 0 Å². The molecule has 0 saturated heterocycles. The molecule has 6 heteroatoms. The second-order valence-electron chi connectivity index (χ2n) is 4.08. The first-order valence-corrected chi connectivity index (χ1v) is 8.23. The SMILES string of the molecule is Nc1ccc(S(=O)(=O)Cc2ccc(Br)cc2)c(Cl)c1. The van der Waals surface area contributed by atoms with Crippen LogP contribution in [0.15, 0.2) is 51.8 Å². The van der Waals surface area contributed by atoms with E-state index < -0.39 is 9.84 Å². The summed E-state index contributed by atoms with van der Waals surface area (Å²) in [7, 11) is -3.48. The molecule has 0 aliphatic heterocycles. The van der Waals surface area contributed by atoms with Crippen molar-refractivity contribution in [2.75, 3.05) is 5.73 Å². The normalized spacial score (nSPS) is 11.5. The van der Waals surface area contributed by atoms with Crippen molar-refractivity contribution in [2.45, 2.75) is 10.6 Å². The van der Waals surface area contributed by atoms with Gasteiger partial charge in [-0.05, 0) is 35.9 Å². The molecule has 0 unspecified atom stereocenters. The lowest BCUT2D eigenvalue weighted by atomic mass is 10.2. The summed E-state index contributed by atoms with van der Waals surface area (Å²) in [6, 6.07) is 11.5. The first-order valence-electron chi connectivity index (χ1n) is 5.41. The monoisotopic (exact) mass is 359 g/mol. The summed E-state index contributed by atoms with van der Waals surface area (Å²) in [5.74, 6) is -0.0933. The Hall–Kier alpha value is -1.04. The molecule has 0 aromatic heterocycles. The van der Waals surface area contributed by atoms with Crippen molar-refractivity contribution in [1.82, 2.24) is 0 Å². The zero-order valence-corrected chi connectivity index (χ0v) is 13.0. The number of halogens is 2. The summed E-state index contributed by atoms with van der Waals surface area (Å²) < 4.78 is 25.5. The predicted molar refractivity (Wildman–Crippen MR) is 80.9 cm³/mol. The quantitative estimate of drug-likeness (QED) is 0.850. The Bertz CT molecular complexity index is 699. The van der Waals surface area contributed by atoms with Crippen LogP contribution in [-0.2, 0) is 15.6 Å². The average molecular weight is 361 g/mol. The molecule has 2 rings (SSSR count). The molecule has 0 aliphatic carbocycles. The Kier molecular flexibility index (Phi) is 4.18. The highest BCUT2D eigenvalue weighted by atomic mass is 79.9. The zero-order valence-electron chi connectivity index (χ0n) is 9.81. The third-order valence-electron chi connectivity index (χ3n) is 2.56. The molecule has 3 nitrogen and oxygen atoms in total. The van der Waals surface area contributed by atoms with E-state index in [-0.39, 0.29) is 15.7 Å². The molecule has 0 aliphatic rings. The van der Waals surface area contributed by atoms with Crippen LogP contribution in [0.25, 0.3) is 0 Å². The third kappa shape index (κ3) is 3.49. The second-order valence-corrected chi connectivity index (χ2v) is 7.36. The number of rotatable bonds is 3. The number of anilines is 1. The fourth-order valence-electron chi connectivity index (χ4n) is 1.65. The van der Waals surface area contributed by atoms with Gasteiger partial charge in [0.2, 0.25) is 0 Å². The third-order valence-corrected chi connectivity index (χ3v) is 5.25. The predicted octanol–water partition coefficient (Wildman–Crippen LogP) is 3.66. The van der Waals surface area contributed by atoms with E-state index >= 15 is 0 Å². The van der Waals surface area contributed by atoms with E-state index in [2.05, 4.69) is 15.9 Å². The van der Waals surface area contributed by atoms with E-state index in [0.29, 0.717) is 11.3 Å². The van der Waals surface area contributed by atoms with Crippen molar-refractivity contribution < 1.29 is 8.42 Å². The van der Waals surface area contributed by atoms with Crippen molar-refractivity contribution in [3.63, 3.8) is 0 Å². The van der Waals surface area contributed by atoms with Crippen LogP contribution in [0.4, 0.5) is 5.69 Å². The molecule has 0 fully saturated rings. The molecule has 2 aromatic carbocycles. The van der Waals surface area contributed by atoms with Crippen molar-refractivity contribution in [3.05, 3.63) is 57.5 Å². The second kappa shape index (κ2) is 5.53. The largest absolute Gasteiger partial charge is 0.399 e. The van der Waals surface area contributed by atoms with E-state index in [4.69, 9.17) is 17.3 Å². The maximum Gasteiger partial charge on any atom is 0.183 e. The maximum absolute atomic E-state index is 12.3. The zero-order chi connectivity index (χ0) is 14.0. The average Bonchev–Trinajstić information content (AvgIpc) is 2.31. The molecule has 100 valence electrons. The van der Waals surface area contributed by atoms with Crippen LogP contribution < -0.4 is 5.73 Å². The molecule has 2 aromatic rings. The van der Waals surface area contributed by atoms with Crippen LogP contribution in [0.5, 0.6) is 0 Å². The minimum Gasteiger partial charge on any atom is -0.399 e. The molecule has 0 saturated carbocycles. The van der Waals surface area contributed by atoms with Crippen LogP contribution in [0, 0.1) is 0 Å². The van der Waals surface area contributed by atoms with Crippen molar-refractivity contribution in [1.29, 1.82) is 0 Å². The first kappa shape index (κ1) is 14.4. The summed E-state index contributed by atoms with van der Waals surface area (Å²) in [5.41, 5.74) is 6.70. The van der Waals surface area contributed by atoms with Crippen LogP contribution in [0.1, 0.15) is 5.56 Å². The standard InChI is InChI=1S/C13H11BrClNO2S/c14-10-3-1-9(2-4-10)8-19(17,18)13-6-5-11(16)7-12(13)15/h1-7H,8,16H2. The number of hydrogen-bond donors (Lipinski definition) is 1. The summed E-state index contributed by atoms with van der Waals surface area (Å²) >= 11 is 9.24. The lowest BCUT2D eigenvalue weighted by Crippen LogP contribution is -2.06. The van der Waals surface area contributed by atoms with Gasteiger partial charge in [-0.25, -0.2) is 8.42 Å². The van der Waals surface area contributed by atoms with Gasteiger partial charge in [0, 0.05) is 10.2 Å². The van der Waals surface area contributed by atoms with E-state index in [0.717, 1.165) is 4.47 Å². The first-order chi connectivity index (χ1) is 8.88. The maximum atomic E-state index is 12.3. The number of hydrogen-bond acceptors (Lipinski definition) is 3. The van der Waals surface area contributed by atoms with E-state index in [1.165, 1.54) is 18.2 Å². The Morgan fingerprint density at radius 3 is 2.32 bits per heavy atom. The van der Waals surface area contributed by atoms with Gasteiger partial charge in [0.25, 0.3) is 0 Å². The minimum absolute atomic E-state index is 0.0933. The number of nitrogens with two attached hydrogens (primary N) is 1. The van der Waals surface area contributed by atoms with Crippen molar-refractivity contribution in [3.8, 4) is 0 Å². The summed E-state index contributed by atoms with van der Waals surface area (Å²) in [4.78, 5) is 0.103. The highest BCUT2D eigenvalue weighted by molar-refractivity contribution is 9.10. The fraction of sp³-hybridized carbons (Fsp3) is 0.0769. The van der Waals surface area contributed by atoms with E-state index in [1.54, 1.807) is 24.3 Å². The van der Waals surface area contributed by atoms with Crippen molar-refractivity contribution >= 4 is 43.1 Å². The molecule has 0 amide bonds. The molecular formula is C13H11BrClNO2S. The lowest BCUT2D eigenvalue weighted by Gasteiger charge is -2.07. The van der Waals surface area contributed by atoms with Gasteiger partial charge in [0.05, 0.1) is 15.7 Å². The van der Waals surface area contributed by atoms with Gasteiger partial charge in [0.15, 0.2) is 9.84 Å². The Labute approximate surface area is 125 Å². The van der Waals surface area contributed by atoms with Crippen LogP contribution >= 0.6 is 27.5 Å². The highest BCUT2D eigenvalue weighted by Gasteiger charge is 2.18. The Morgan fingerprint density at radius 1 is 1.11 bits per heavy atom. The van der Waals surface area contributed by atoms with Gasteiger partial charge in [-0.3, -0.25) is 0 Å². The fourth-order valence-corrected chi connectivity index (χ4v) is 3.87. The molecular weight excluding hydrogens is 350 g/mol. The van der Waals surface area contributed by atoms with E-state index in [1.807, 2.05) is 0 Å². The molecule has 19 heavy (non-hydrogen) atoms. The van der Waals surface area contributed by atoms with Gasteiger partial charge < -0.3 is 5.73 Å². The molecule has 0 atom stereocenters. The molecule has 0 bridgehead atoms. The molecule has 0 heterocycles. The highest BCUT2D eigenvalue weighted by Crippen LogP contribution is 2.26. The van der Waals surface area contributed by atoms with Crippen LogP contribution in [-0.4, -0.2) is 8.42 Å². The van der Waals surface area contributed by atoms with Gasteiger partial charge in [0.1, 0.15) is 0 Å².